The molecule has 3 aliphatic carbocycles. The van der Waals surface area contributed by atoms with E-state index < -0.39 is 0 Å². The molecule has 3 aromatic heterocycles. The summed E-state index contributed by atoms with van der Waals surface area (Å²) in [6.45, 7) is 20.5. The molecule has 0 saturated carbocycles. The van der Waals surface area contributed by atoms with Crippen LogP contribution in [-0.2, 0) is 0 Å². The molecule has 14 aromatic carbocycles. The maximum Gasteiger partial charge on any atom is 0.142 e. The number of thiophene rings is 1. The van der Waals surface area contributed by atoms with Gasteiger partial charge in [-0.2, -0.15) is 0 Å². The van der Waals surface area contributed by atoms with Gasteiger partial charge in [-0.3, -0.25) is 0 Å². The van der Waals surface area contributed by atoms with Crippen molar-refractivity contribution in [3.63, 3.8) is 0 Å². The standard InChI is InChI=1S/C48H36N2.C42H39NO.C42H41NS/c1-5-15-35(16-6-1)36-25-28-41(29-26-36)49(39-19-9-3-10-20-39)42-30-31-43(45(34-42)37-17-7-2-8-18-37)38-27-32-48-46(33-38)44-23-13-14-24-47(44)50(48)40-21-11-4-12-22-40;1-4-6-7-10-17-32-24-26-35(27-25-32)43(34-20-13-9-14-21-34)36-28-29-38(41(30-36)33-18-11-8-12-19-33)40-23-15-22-39-37(16-5-2)31(3)44-42(39)40;1-6-9-19-31(4)43(29-17-24-33(8-3)34-20-12-10-13-21-34)36-27-28-38(41(30-36)35-22-14-11-15-23-35)40-26-16-25-39-37(18-7-2)32(5)44-42(39)40/h1-9,11-19,21-34H,10,20H2;4-13,15-20,22-24,26-30,32H,1,14,21,25H2,2-3H3;6-23,25-30,33H,3,24H2,1-2,4-5H3/b;7-6-,16-5-,17-10+;9-6-,18-7-,29-17+,31-19+. The van der Waals surface area contributed by atoms with Gasteiger partial charge in [-0.05, 0) is 267 Å². The lowest BCUT2D eigenvalue weighted by Gasteiger charge is -2.32. The number of benzene rings is 14. The molecule has 2 unspecified atom stereocenters. The van der Waals surface area contributed by atoms with Crippen LogP contribution in [0.1, 0.15) is 99.5 Å². The van der Waals surface area contributed by atoms with Crippen LogP contribution in [0.25, 0.3) is 139 Å². The summed E-state index contributed by atoms with van der Waals surface area (Å²) < 4.78 is 10.1. The Morgan fingerprint density at radius 1 is 0.449 bits per heavy atom. The lowest BCUT2D eigenvalue weighted by Crippen LogP contribution is -2.23. The molecular weight excluding hydrogens is 1690 g/mol. The number of furan rings is 1. The number of rotatable bonds is 27. The molecule has 3 heterocycles. The smallest absolute Gasteiger partial charge is 0.142 e. The Bertz CT molecular complexity index is 7640. The van der Waals surface area contributed by atoms with Gasteiger partial charge < -0.3 is 23.7 Å². The van der Waals surface area contributed by atoms with Crippen LogP contribution >= 0.6 is 11.3 Å². The molecule has 17 aromatic rings. The first-order valence-electron chi connectivity index (χ1n) is 48.3. The fourth-order valence-corrected chi connectivity index (χ4v) is 20.5. The predicted octanol–water partition coefficient (Wildman–Crippen LogP) is 37.8. The van der Waals surface area contributed by atoms with Crippen LogP contribution in [0.3, 0.4) is 0 Å². The Kier molecular flexibility index (Phi) is 29.7. The van der Waals surface area contributed by atoms with Crippen LogP contribution < -0.4 is 14.7 Å². The maximum atomic E-state index is 6.44. The van der Waals surface area contributed by atoms with E-state index in [0.29, 0.717) is 5.92 Å². The van der Waals surface area contributed by atoms with Gasteiger partial charge >= 0.3 is 0 Å². The van der Waals surface area contributed by atoms with Gasteiger partial charge in [-0.15, -0.1) is 17.9 Å². The number of anilines is 4. The molecule has 676 valence electrons. The molecule has 6 heteroatoms. The lowest BCUT2D eigenvalue weighted by molar-refractivity contribution is 0.578. The van der Waals surface area contributed by atoms with Crippen molar-refractivity contribution in [2.75, 3.05) is 14.7 Å². The maximum absolute atomic E-state index is 6.44. The van der Waals surface area contributed by atoms with Crippen molar-refractivity contribution in [3.05, 3.63) is 537 Å². The molecule has 0 saturated heterocycles. The normalized spacial score (nSPS) is 14.1. The van der Waals surface area contributed by atoms with Crippen LogP contribution in [0.5, 0.6) is 0 Å². The van der Waals surface area contributed by atoms with Crippen molar-refractivity contribution in [2.45, 2.75) is 86.0 Å². The zero-order valence-corrected chi connectivity index (χ0v) is 80.4. The van der Waals surface area contributed by atoms with Gasteiger partial charge in [0.2, 0.25) is 0 Å². The second kappa shape index (κ2) is 44.4. The van der Waals surface area contributed by atoms with Crippen LogP contribution in [0.4, 0.5) is 22.7 Å². The summed E-state index contributed by atoms with van der Waals surface area (Å²) in [5.41, 5.74) is 34.7. The molecule has 0 bridgehead atoms. The van der Waals surface area contributed by atoms with Crippen molar-refractivity contribution in [3.8, 4) is 83.6 Å². The summed E-state index contributed by atoms with van der Waals surface area (Å²) in [6, 6.07) is 123. The zero-order chi connectivity index (χ0) is 94.5. The second-order valence-electron chi connectivity index (χ2n) is 35.0. The summed E-state index contributed by atoms with van der Waals surface area (Å²) in [6.07, 6.45) is 57.8. The molecule has 138 heavy (non-hydrogen) atoms. The highest BCUT2D eigenvalue weighted by Crippen LogP contribution is 2.49. The summed E-state index contributed by atoms with van der Waals surface area (Å²) in [5, 5.41) is 4.97. The number of hydrogen-bond acceptors (Lipinski definition) is 5. The van der Waals surface area contributed by atoms with Crippen molar-refractivity contribution in [1.82, 2.24) is 4.57 Å². The fourth-order valence-electron chi connectivity index (χ4n) is 19.3. The Balaban J connectivity index is 0.000000138. The molecule has 2 atom stereocenters. The highest BCUT2D eigenvalue weighted by molar-refractivity contribution is 7.20. The largest absolute Gasteiger partial charge is 0.460 e. The fraction of sp³-hybridized carbons (Fsp3) is 0.106. The molecule has 3 aliphatic rings. The molecule has 20 rings (SSSR count). The van der Waals surface area contributed by atoms with E-state index in [4.69, 9.17) is 4.42 Å². The second-order valence-corrected chi connectivity index (χ2v) is 36.2. The monoisotopic (exact) mass is 1800 g/mol. The average Bonchev–Trinajstić information content (AvgIpc) is 1.66. The molecule has 0 N–H and O–H groups in total. The Labute approximate surface area is 819 Å². The van der Waals surface area contributed by atoms with E-state index in [-0.39, 0.29) is 5.92 Å². The summed E-state index contributed by atoms with van der Waals surface area (Å²) in [7, 11) is 0. The van der Waals surface area contributed by atoms with E-state index in [0.717, 1.165) is 100 Å². The molecule has 0 amide bonds. The van der Waals surface area contributed by atoms with Gasteiger partial charge in [-0.1, -0.05) is 383 Å². The number of allylic oxidation sites excluding steroid dienone is 24. The minimum Gasteiger partial charge on any atom is -0.460 e. The number of aromatic nitrogens is 1. The average molecular weight is 1810 g/mol. The molecular formula is C132H116N4OS. The number of nitrogens with zero attached hydrogens (tertiary/aromatic N) is 4. The van der Waals surface area contributed by atoms with Gasteiger partial charge in [0.05, 0.1) is 11.0 Å². The van der Waals surface area contributed by atoms with Gasteiger partial charge in [0, 0.05) is 111 Å². The highest BCUT2D eigenvalue weighted by Gasteiger charge is 2.26. The third-order valence-electron chi connectivity index (χ3n) is 26.1. The highest BCUT2D eigenvalue weighted by atomic mass is 32.1. The number of aryl methyl sites for hydroxylation is 2. The minimum atomic E-state index is 0.263. The lowest BCUT2D eigenvalue weighted by atomic mass is 9.92. The van der Waals surface area contributed by atoms with Gasteiger partial charge in [0.15, 0.2) is 0 Å². The van der Waals surface area contributed by atoms with Gasteiger partial charge in [0.25, 0.3) is 0 Å². The van der Waals surface area contributed by atoms with Gasteiger partial charge in [0.1, 0.15) is 11.3 Å². The number of fused-ring (bicyclic) bond motifs is 5. The van der Waals surface area contributed by atoms with Crippen molar-refractivity contribution in [1.29, 1.82) is 0 Å². The molecule has 0 fully saturated rings. The zero-order valence-electron chi connectivity index (χ0n) is 79.6. The van der Waals surface area contributed by atoms with Crippen LogP contribution in [0, 0.1) is 19.8 Å². The first-order chi connectivity index (χ1) is 68.0. The number of para-hydroxylation sites is 3. The van der Waals surface area contributed by atoms with E-state index in [1.165, 1.54) is 137 Å². The van der Waals surface area contributed by atoms with Crippen LogP contribution in [0.15, 0.2) is 514 Å². The Morgan fingerprint density at radius 2 is 0.978 bits per heavy atom. The molecule has 0 aliphatic heterocycles. The van der Waals surface area contributed by atoms with Gasteiger partial charge in [-0.25, -0.2) is 0 Å². The summed E-state index contributed by atoms with van der Waals surface area (Å²) in [5.74, 6) is 1.58. The minimum absolute atomic E-state index is 0.263. The Morgan fingerprint density at radius 3 is 1.59 bits per heavy atom. The van der Waals surface area contributed by atoms with E-state index in [1.807, 2.05) is 43.4 Å². The SMILES string of the molecule is C1=CCCC(N(c2ccc(-c3ccccc3)cc2)c2ccc(-c3ccc4c(c3)c3ccccc3n4-c3ccccc3)c(-c3ccccc3)c2)=C1.C=C/C=C\C=C\C1C=CC(N(C2=CC=CCC2)c2ccc(-c3cccc4c(/C=C\C)c(C)oc34)c(-c3ccccc3)c2)=CC1.C=CC(C/C=C/N(/C(C)=C/C=C\C)c1ccc(-c2cccc3c(/C=C\C)c(C)sc23)c(-c2ccccc2)c1)c1ccccc1. The van der Waals surface area contributed by atoms with E-state index >= 15 is 0 Å². The summed E-state index contributed by atoms with van der Waals surface area (Å²) in [4.78, 5) is 8.51. The van der Waals surface area contributed by atoms with E-state index in [9.17, 15) is 0 Å². The van der Waals surface area contributed by atoms with Crippen LogP contribution in [-0.4, -0.2) is 4.57 Å². The molecule has 5 nitrogen and oxygen atoms in total. The molecule has 0 radical (unpaired) electrons. The van der Waals surface area contributed by atoms with Crippen molar-refractivity contribution >= 4 is 89.1 Å². The Hall–Kier alpha value is -16.1. The van der Waals surface area contributed by atoms with Crippen LogP contribution in [0.2, 0.25) is 0 Å². The first-order valence-corrected chi connectivity index (χ1v) is 49.1. The van der Waals surface area contributed by atoms with E-state index in [1.54, 1.807) is 6.08 Å². The predicted molar refractivity (Wildman–Crippen MR) is 598 cm³/mol. The molecule has 0 spiro atoms. The first kappa shape index (κ1) is 92.3. The third-order valence-corrected chi connectivity index (χ3v) is 27.3. The quantitative estimate of drug-likeness (QED) is 0.0379. The topological polar surface area (TPSA) is 27.8 Å². The van der Waals surface area contributed by atoms with Crippen molar-refractivity contribution in [2.24, 2.45) is 5.92 Å². The number of hydrogen-bond donors (Lipinski definition) is 0. The third kappa shape index (κ3) is 20.6. The summed E-state index contributed by atoms with van der Waals surface area (Å²) >= 11 is 1.88. The van der Waals surface area contributed by atoms with Crippen molar-refractivity contribution < 1.29 is 4.42 Å². The van der Waals surface area contributed by atoms with E-state index in [2.05, 4.69) is 521 Å².